The van der Waals surface area contributed by atoms with Crippen LogP contribution in [0.5, 0.6) is 0 Å². The van der Waals surface area contributed by atoms with Crippen molar-refractivity contribution < 1.29 is 9.53 Å². The minimum atomic E-state index is -0.391. The van der Waals surface area contributed by atoms with Crippen LogP contribution in [0, 0.1) is 11.8 Å². The molecule has 3 heteroatoms. The molecule has 1 aliphatic heterocycles. The fourth-order valence-corrected chi connectivity index (χ4v) is 2.37. The summed E-state index contributed by atoms with van der Waals surface area (Å²) in [6.45, 7) is 12.3. The Labute approximate surface area is 98.9 Å². The molecule has 1 saturated heterocycles. The molecule has 0 aromatic heterocycles. The number of esters is 1. The van der Waals surface area contributed by atoms with Crippen LogP contribution in [-0.4, -0.2) is 23.7 Å². The first-order valence-electron chi connectivity index (χ1n) is 6.19. The highest BCUT2D eigenvalue weighted by atomic mass is 16.6. The molecule has 1 fully saturated rings. The van der Waals surface area contributed by atoms with Gasteiger partial charge >= 0.3 is 5.97 Å². The summed E-state index contributed by atoms with van der Waals surface area (Å²) >= 11 is 0. The molecule has 0 radical (unpaired) electrons. The van der Waals surface area contributed by atoms with Crippen molar-refractivity contribution in [3.8, 4) is 0 Å². The highest BCUT2D eigenvalue weighted by Crippen LogP contribution is 2.26. The molecule has 1 aliphatic rings. The van der Waals surface area contributed by atoms with Crippen molar-refractivity contribution in [3.05, 3.63) is 0 Å². The maximum atomic E-state index is 11.9. The molecule has 0 aliphatic carbocycles. The minimum absolute atomic E-state index is 0.109. The van der Waals surface area contributed by atoms with E-state index in [0.29, 0.717) is 17.9 Å². The SMILES string of the molecule is CC(C)[C@@H]1NC(C(=O)OC(C)(C)C)C[C@H]1C. The van der Waals surface area contributed by atoms with Gasteiger partial charge in [-0.3, -0.25) is 4.79 Å². The molecule has 3 atom stereocenters. The van der Waals surface area contributed by atoms with E-state index in [1.807, 2.05) is 20.8 Å². The van der Waals surface area contributed by atoms with Crippen LogP contribution >= 0.6 is 0 Å². The summed E-state index contributed by atoms with van der Waals surface area (Å²) in [6, 6.07) is 0.305. The fourth-order valence-electron chi connectivity index (χ4n) is 2.37. The van der Waals surface area contributed by atoms with Crippen molar-refractivity contribution in [2.24, 2.45) is 11.8 Å². The topological polar surface area (TPSA) is 38.3 Å². The lowest BCUT2D eigenvalue weighted by molar-refractivity contribution is -0.157. The molecule has 3 nitrogen and oxygen atoms in total. The predicted octanol–water partition coefficient (Wildman–Crippen LogP) is 2.35. The Morgan fingerprint density at radius 1 is 1.38 bits per heavy atom. The molecule has 0 bridgehead atoms. The lowest BCUT2D eigenvalue weighted by atomic mass is 9.93. The summed E-state index contributed by atoms with van der Waals surface area (Å²) in [4.78, 5) is 11.9. The van der Waals surface area contributed by atoms with Crippen molar-refractivity contribution in [2.45, 2.75) is 65.6 Å². The standard InChI is InChI=1S/C13H25NO2/c1-8(2)11-9(3)7-10(14-11)12(15)16-13(4,5)6/h8-11,14H,7H2,1-6H3/t9-,10?,11+/m1/s1. The van der Waals surface area contributed by atoms with E-state index < -0.39 is 5.60 Å². The van der Waals surface area contributed by atoms with Crippen LogP contribution in [0.15, 0.2) is 0 Å². The summed E-state index contributed by atoms with van der Waals surface area (Å²) in [5.74, 6) is 0.988. The Balaban J connectivity index is 2.55. The molecule has 0 saturated carbocycles. The molecule has 16 heavy (non-hydrogen) atoms. The van der Waals surface area contributed by atoms with Crippen LogP contribution in [0.4, 0.5) is 0 Å². The zero-order chi connectivity index (χ0) is 12.5. The average molecular weight is 227 g/mol. The summed E-state index contributed by atoms with van der Waals surface area (Å²) in [5, 5.41) is 3.39. The lowest BCUT2D eigenvalue weighted by Crippen LogP contribution is -2.41. The molecule has 0 aromatic carbocycles. The van der Waals surface area contributed by atoms with Gasteiger partial charge in [0.2, 0.25) is 0 Å². The predicted molar refractivity (Wildman–Crippen MR) is 65.2 cm³/mol. The summed E-state index contributed by atoms with van der Waals surface area (Å²) < 4.78 is 5.40. The summed E-state index contributed by atoms with van der Waals surface area (Å²) in [6.07, 6.45) is 0.887. The van der Waals surface area contributed by atoms with Crippen molar-refractivity contribution in [1.29, 1.82) is 0 Å². The Hall–Kier alpha value is -0.570. The van der Waals surface area contributed by atoms with Gasteiger partial charge in [-0.2, -0.15) is 0 Å². The zero-order valence-corrected chi connectivity index (χ0v) is 11.3. The molecule has 94 valence electrons. The summed E-state index contributed by atoms with van der Waals surface area (Å²) in [5.41, 5.74) is -0.391. The summed E-state index contributed by atoms with van der Waals surface area (Å²) in [7, 11) is 0. The largest absolute Gasteiger partial charge is 0.459 e. The first-order valence-corrected chi connectivity index (χ1v) is 6.19. The number of rotatable bonds is 2. The third-order valence-electron chi connectivity index (χ3n) is 3.02. The van der Waals surface area contributed by atoms with Gasteiger partial charge in [-0.05, 0) is 39.0 Å². The van der Waals surface area contributed by atoms with Crippen molar-refractivity contribution in [2.75, 3.05) is 0 Å². The van der Waals surface area contributed by atoms with E-state index in [-0.39, 0.29) is 12.0 Å². The van der Waals surface area contributed by atoms with Crippen LogP contribution < -0.4 is 5.32 Å². The van der Waals surface area contributed by atoms with Gasteiger partial charge in [-0.1, -0.05) is 20.8 Å². The molecular weight excluding hydrogens is 202 g/mol. The van der Waals surface area contributed by atoms with Crippen molar-refractivity contribution >= 4 is 5.97 Å². The highest BCUT2D eigenvalue weighted by Gasteiger charge is 2.37. The second kappa shape index (κ2) is 4.74. The maximum absolute atomic E-state index is 11.9. The van der Waals surface area contributed by atoms with Crippen LogP contribution in [-0.2, 0) is 9.53 Å². The van der Waals surface area contributed by atoms with E-state index in [1.54, 1.807) is 0 Å². The zero-order valence-electron chi connectivity index (χ0n) is 11.3. The normalized spacial score (nSPS) is 30.8. The number of hydrogen-bond donors (Lipinski definition) is 1. The van der Waals surface area contributed by atoms with E-state index in [4.69, 9.17) is 4.74 Å². The Kier molecular flexibility index (Phi) is 4.00. The van der Waals surface area contributed by atoms with Gasteiger partial charge in [-0.25, -0.2) is 0 Å². The number of nitrogens with one attached hydrogen (secondary N) is 1. The van der Waals surface area contributed by atoms with E-state index in [1.165, 1.54) is 0 Å². The van der Waals surface area contributed by atoms with E-state index >= 15 is 0 Å². The molecule has 1 unspecified atom stereocenters. The van der Waals surface area contributed by atoms with E-state index in [0.717, 1.165) is 6.42 Å². The number of carbonyl (C=O) groups is 1. The number of hydrogen-bond acceptors (Lipinski definition) is 3. The van der Waals surface area contributed by atoms with Gasteiger partial charge in [0.15, 0.2) is 0 Å². The Morgan fingerprint density at radius 3 is 2.31 bits per heavy atom. The monoisotopic (exact) mass is 227 g/mol. The molecule has 1 heterocycles. The maximum Gasteiger partial charge on any atom is 0.323 e. The van der Waals surface area contributed by atoms with E-state index in [2.05, 4.69) is 26.1 Å². The van der Waals surface area contributed by atoms with Crippen LogP contribution in [0.1, 0.15) is 48.0 Å². The lowest BCUT2D eigenvalue weighted by Gasteiger charge is -2.23. The quantitative estimate of drug-likeness (QED) is 0.736. The van der Waals surface area contributed by atoms with Crippen LogP contribution in [0.2, 0.25) is 0 Å². The van der Waals surface area contributed by atoms with Gasteiger partial charge in [-0.15, -0.1) is 0 Å². The fraction of sp³-hybridized carbons (Fsp3) is 0.923. The smallest absolute Gasteiger partial charge is 0.323 e. The molecule has 0 aromatic rings. The first-order chi connectivity index (χ1) is 7.20. The molecule has 1 rings (SSSR count). The van der Waals surface area contributed by atoms with Crippen molar-refractivity contribution in [1.82, 2.24) is 5.32 Å². The number of ether oxygens (including phenoxy) is 1. The Bertz CT molecular complexity index is 255. The number of carbonyl (C=O) groups excluding carboxylic acids is 1. The van der Waals surface area contributed by atoms with E-state index in [9.17, 15) is 4.79 Å². The van der Waals surface area contributed by atoms with Crippen LogP contribution in [0.3, 0.4) is 0 Å². The van der Waals surface area contributed by atoms with Gasteiger partial charge in [0, 0.05) is 6.04 Å². The molecule has 0 amide bonds. The molecule has 0 spiro atoms. The van der Waals surface area contributed by atoms with Gasteiger partial charge in [0.1, 0.15) is 11.6 Å². The van der Waals surface area contributed by atoms with Gasteiger partial charge in [0.05, 0.1) is 0 Å². The molecule has 1 N–H and O–H groups in total. The average Bonchev–Trinajstić information content (AvgIpc) is 2.44. The van der Waals surface area contributed by atoms with Crippen molar-refractivity contribution in [3.63, 3.8) is 0 Å². The highest BCUT2D eigenvalue weighted by molar-refractivity contribution is 5.76. The third kappa shape index (κ3) is 3.48. The molecular formula is C13H25NO2. The van der Waals surface area contributed by atoms with Gasteiger partial charge < -0.3 is 10.1 Å². The first kappa shape index (κ1) is 13.5. The second-order valence-electron chi connectivity index (χ2n) is 6.24. The second-order valence-corrected chi connectivity index (χ2v) is 6.24. The van der Waals surface area contributed by atoms with Crippen LogP contribution in [0.25, 0.3) is 0 Å². The third-order valence-corrected chi connectivity index (χ3v) is 3.02. The Morgan fingerprint density at radius 2 is 1.94 bits per heavy atom. The minimum Gasteiger partial charge on any atom is -0.459 e. The van der Waals surface area contributed by atoms with Gasteiger partial charge in [0.25, 0.3) is 0 Å².